The summed E-state index contributed by atoms with van der Waals surface area (Å²) in [6.45, 7) is 1.41. The number of benzene rings is 1. The van der Waals surface area contributed by atoms with E-state index in [9.17, 15) is 4.79 Å². The lowest BCUT2D eigenvalue weighted by atomic mass is 10.3. The molecule has 1 aromatic carbocycles. The summed E-state index contributed by atoms with van der Waals surface area (Å²) in [5, 5.41) is 9.29. The van der Waals surface area contributed by atoms with Crippen LogP contribution < -0.4 is 9.47 Å². The van der Waals surface area contributed by atoms with Gasteiger partial charge in [-0.3, -0.25) is 0 Å². The average molecular weight is 265 g/mol. The number of carboxylic acids is 1. The van der Waals surface area contributed by atoms with E-state index in [0.29, 0.717) is 10.8 Å². The molecule has 0 amide bonds. The third-order valence-electron chi connectivity index (χ3n) is 1.86. The minimum atomic E-state index is -1.08. The van der Waals surface area contributed by atoms with Gasteiger partial charge in [0.1, 0.15) is 0 Å². The molecule has 0 saturated heterocycles. The molecule has 0 aliphatic heterocycles. The van der Waals surface area contributed by atoms with Crippen LogP contribution in [-0.4, -0.2) is 24.3 Å². The molecule has 0 bridgehead atoms. The van der Waals surface area contributed by atoms with E-state index in [4.69, 9.17) is 37.8 Å². The van der Waals surface area contributed by atoms with Crippen molar-refractivity contribution >= 4 is 29.2 Å². The van der Waals surface area contributed by atoms with Crippen molar-refractivity contribution < 1.29 is 19.4 Å². The van der Waals surface area contributed by atoms with Crippen molar-refractivity contribution in [2.75, 3.05) is 7.11 Å². The van der Waals surface area contributed by atoms with Gasteiger partial charge in [-0.05, 0) is 6.92 Å². The highest BCUT2D eigenvalue weighted by Crippen LogP contribution is 2.36. The van der Waals surface area contributed by atoms with E-state index in [0.717, 1.165) is 0 Å². The molecule has 0 aliphatic carbocycles. The van der Waals surface area contributed by atoms with E-state index in [-0.39, 0.29) is 10.8 Å². The largest absolute Gasteiger partial charge is 0.493 e. The molecular formula is C10H10Cl2O4. The lowest BCUT2D eigenvalue weighted by Crippen LogP contribution is -2.23. The number of carboxylic acid groups (broad SMARTS) is 1. The quantitative estimate of drug-likeness (QED) is 0.909. The Labute approximate surface area is 103 Å². The first-order valence-electron chi connectivity index (χ1n) is 4.38. The number of aliphatic carboxylic acids is 1. The molecule has 6 heteroatoms. The van der Waals surface area contributed by atoms with Crippen LogP contribution in [0.5, 0.6) is 11.5 Å². The lowest BCUT2D eigenvalue weighted by molar-refractivity contribution is -0.144. The average Bonchev–Trinajstić information content (AvgIpc) is 2.22. The van der Waals surface area contributed by atoms with Crippen LogP contribution >= 0.6 is 23.2 Å². The number of hydrogen-bond donors (Lipinski definition) is 1. The number of ether oxygens (including phenoxy) is 2. The molecule has 0 unspecified atom stereocenters. The van der Waals surface area contributed by atoms with Gasteiger partial charge in [-0.2, -0.15) is 0 Å². The van der Waals surface area contributed by atoms with E-state index < -0.39 is 12.1 Å². The summed E-state index contributed by atoms with van der Waals surface area (Å²) in [4.78, 5) is 10.6. The first-order chi connectivity index (χ1) is 7.45. The summed E-state index contributed by atoms with van der Waals surface area (Å²) < 4.78 is 10.2. The Morgan fingerprint density at radius 2 is 1.81 bits per heavy atom. The Bertz CT molecular complexity index is 406. The highest BCUT2D eigenvalue weighted by atomic mass is 35.5. The maximum Gasteiger partial charge on any atom is 0.344 e. The zero-order valence-corrected chi connectivity index (χ0v) is 10.2. The molecule has 1 atom stereocenters. The fourth-order valence-corrected chi connectivity index (χ4v) is 1.31. The van der Waals surface area contributed by atoms with Crippen molar-refractivity contribution in [1.29, 1.82) is 0 Å². The van der Waals surface area contributed by atoms with Crippen LogP contribution in [0.2, 0.25) is 10.0 Å². The number of halogens is 2. The second-order valence-corrected chi connectivity index (χ2v) is 3.83. The fraction of sp³-hybridized carbons (Fsp3) is 0.300. The molecule has 0 fully saturated rings. The first-order valence-corrected chi connectivity index (χ1v) is 5.13. The Hall–Kier alpha value is -1.13. The Morgan fingerprint density at radius 1 is 1.31 bits per heavy atom. The van der Waals surface area contributed by atoms with E-state index in [1.807, 2.05) is 0 Å². The topological polar surface area (TPSA) is 55.8 Å². The molecule has 0 heterocycles. The van der Waals surface area contributed by atoms with Crippen molar-refractivity contribution in [2.45, 2.75) is 13.0 Å². The number of rotatable bonds is 4. The Morgan fingerprint density at radius 3 is 2.25 bits per heavy atom. The minimum Gasteiger partial charge on any atom is -0.493 e. The lowest BCUT2D eigenvalue weighted by Gasteiger charge is -2.14. The number of hydrogen-bond acceptors (Lipinski definition) is 3. The summed E-state index contributed by atoms with van der Waals surface area (Å²) in [7, 11) is 1.43. The van der Waals surface area contributed by atoms with Crippen molar-refractivity contribution in [1.82, 2.24) is 0 Å². The Kier molecular flexibility index (Phi) is 4.26. The van der Waals surface area contributed by atoms with Crippen molar-refractivity contribution in [3.8, 4) is 11.5 Å². The van der Waals surface area contributed by atoms with Gasteiger partial charge in [0, 0.05) is 12.1 Å². The highest BCUT2D eigenvalue weighted by molar-refractivity contribution is 6.42. The molecule has 1 rings (SSSR count). The van der Waals surface area contributed by atoms with Crippen molar-refractivity contribution in [3.05, 3.63) is 22.2 Å². The van der Waals surface area contributed by atoms with Gasteiger partial charge >= 0.3 is 5.97 Å². The van der Waals surface area contributed by atoms with Crippen molar-refractivity contribution in [3.63, 3.8) is 0 Å². The highest BCUT2D eigenvalue weighted by Gasteiger charge is 2.16. The third-order valence-corrected chi connectivity index (χ3v) is 2.58. The van der Waals surface area contributed by atoms with E-state index >= 15 is 0 Å². The number of methoxy groups -OCH3 is 1. The smallest absolute Gasteiger partial charge is 0.344 e. The molecule has 4 nitrogen and oxygen atoms in total. The summed E-state index contributed by atoms with van der Waals surface area (Å²) in [6, 6.07) is 2.88. The second-order valence-electron chi connectivity index (χ2n) is 3.02. The van der Waals surface area contributed by atoms with Gasteiger partial charge in [0.2, 0.25) is 0 Å². The standard InChI is InChI=1S/C10H10Cl2O4/c1-5(10(13)14)16-9-4-7(12)6(11)3-8(9)15-2/h3-5H,1-2H3,(H,13,14)/t5-/m1/s1. The predicted molar refractivity (Wildman–Crippen MR) is 60.7 cm³/mol. The maximum absolute atomic E-state index is 10.6. The van der Waals surface area contributed by atoms with Crippen molar-refractivity contribution in [2.24, 2.45) is 0 Å². The van der Waals surface area contributed by atoms with Crippen LogP contribution in [0.3, 0.4) is 0 Å². The molecule has 0 aliphatic rings. The summed E-state index contributed by atoms with van der Waals surface area (Å²) in [5.41, 5.74) is 0. The Balaban J connectivity index is 3.03. The molecule has 0 aromatic heterocycles. The third kappa shape index (κ3) is 2.93. The molecule has 0 radical (unpaired) electrons. The molecular weight excluding hydrogens is 255 g/mol. The summed E-state index contributed by atoms with van der Waals surface area (Å²) in [5.74, 6) is -0.498. The van der Waals surface area contributed by atoms with Gasteiger partial charge in [0.05, 0.1) is 17.2 Å². The van der Waals surface area contributed by atoms with Gasteiger partial charge in [-0.15, -0.1) is 0 Å². The van der Waals surface area contributed by atoms with Crippen LogP contribution in [0.4, 0.5) is 0 Å². The maximum atomic E-state index is 10.6. The van der Waals surface area contributed by atoms with Gasteiger partial charge in [-0.25, -0.2) is 4.79 Å². The number of carbonyl (C=O) groups is 1. The SMILES string of the molecule is COc1cc(Cl)c(Cl)cc1O[C@H](C)C(=O)O. The summed E-state index contributed by atoms with van der Waals surface area (Å²) >= 11 is 11.6. The van der Waals surface area contributed by atoms with Crippen LogP contribution in [-0.2, 0) is 4.79 Å². The molecule has 1 N–H and O–H groups in total. The molecule has 0 spiro atoms. The normalized spacial score (nSPS) is 12.0. The minimum absolute atomic E-state index is 0.242. The predicted octanol–water partition coefficient (Wildman–Crippen LogP) is 2.85. The van der Waals surface area contributed by atoms with Gasteiger partial charge in [0.25, 0.3) is 0 Å². The molecule has 16 heavy (non-hydrogen) atoms. The van der Waals surface area contributed by atoms with Gasteiger partial charge < -0.3 is 14.6 Å². The zero-order chi connectivity index (χ0) is 12.3. The van der Waals surface area contributed by atoms with Gasteiger partial charge in [0.15, 0.2) is 17.6 Å². The van der Waals surface area contributed by atoms with Crippen LogP contribution in [0.1, 0.15) is 6.92 Å². The molecule has 0 saturated carbocycles. The van der Waals surface area contributed by atoms with E-state index in [1.165, 1.54) is 26.2 Å². The molecule has 1 aromatic rings. The van der Waals surface area contributed by atoms with Crippen LogP contribution in [0, 0.1) is 0 Å². The van der Waals surface area contributed by atoms with Crippen LogP contribution in [0.25, 0.3) is 0 Å². The monoisotopic (exact) mass is 264 g/mol. The zero-order valence-electron chi connectivity index (χ0n) is 8.66. The van der Waals surface area contributed by atoms with E-state index in [1.54, 1.807) is 0 Å². The van der Waals surface area contributed by atoms with E-state index in [2.05, 4.69) is 0 Å². The fourth-order valence-electron chi connectivity index (χ4n) is 1.00. The molecule has 88 valence electrons. The summed E-state index contributed by atoms with van der Waals surface area (Å²) in [6.07, 6.45) is -0.994. The first kappa shape index (κ1) is 12.9. The second kappa shape index (κ2) is 5.27. The van der Waals surface area contributed by atoms with Gasteiger partial charge in [-0.1, -0.05) is 23.2 Å². The van der Waals surface area contributed by atoms with Crippen LogP contribution in [0.15, 0.2) is 12.1 Å².